The quantitative estimate of drug-likeness (QED) is 0.488. The maximum absolute atomic E-state index is 10.4. The van der Waals surface area contributed by atoms with E-state index in [2.05, 4.69) is 25.4 Å². The molecule has 0 spiro atoms. The highest BCUT2D eigenvalue weighted by atomic mass is 79.9. The van der Waals surface area contributed by atoms with E-state index in [-0.39, 0.29) is 12.6 Å². The summed E-state index contributed by atoms with van der Waals surface area (Å²) in [6.07, 6.45) is 0. The van der Waals surface area contributed by atoms with Gasteiger partial charge in [0.25, 0.3) is 0 Å². The lowest BCUT2D eigenvalue weighted by atomic mass is 10.7. The first-order chi connectivity index (χ1) is 4.31. The van der Waals surface area contributed by atoms with Crippen LogP contribution in [0.25, 0.3) is 0 Å². The van der Waals surface area contributed by atoms with E-state index in [0.29, 0.717) is 11.9 Å². The van der Waals surface area contributed by atoms with Gasteiger partial charge in [0.15, 0.2) is 0 Å². The predicted molar refractivity (Wildman–Crippen MR) is 36.6 cm³/mol. The highest BCUT2D eigenvalue weighted by molar-refractivity contribution is 9.09. The second kappa shape index (κ2) is 6.04. The molecule has 0 N–H and O–H groups in total. The van der Waals surface area contributed by atoms with Crippen molar-refractivity contribution in [2.45, 2.75) is 0 Å². The molecule has 0 radical (unpaired) electrons. The van der Waals surface area contributed by atoms with Crippen molar-refractivity contribution in [3.05, 3.63) is 0 Å². The van der Waals surface area contributed by atoms with E-state index in [1.54, 1.807) is 0 Å². The van der Waals surface area contributed by atoms with E-state index in [1.165, 1.54) is 7.11 Å². The summed E-state index contributed by atoms with van der Waals surface area (Å²) < 4.78 is 9.13. The number of carbonyl (C=O) groups is 1. The molecule has 3 nitrogen and oxygen atoms in total. The number of hydrogen-bond acceptors (Lipinski definition) is 3. The monoisotopic (exact) mass is 196 g/mol. The van der Waals surface area contributed by atoms with Crippen molar-refractivity contribution >= 4 is 21.9 Å². The lowest BCUT2D eigenvalue weighted by Crippen LogP contribution is -2.12. The summed E-state index contributed by atoms with van der Waals surface area (Å²) >= 11 is 3.11. The zero-order valence-electron chi connectivity index (χ0n) is 5.22. The number of alkyl halides is 1. The Labute approximate surface area is 62.5 Å². The molecule has 0 amide bonds. The molecule has 0 atom stereocenters. The van der Waals surface area contributed by atoms with Crippen LogP contribution >= 0.6 is 15.9 Å². The second-order valence-electron chi connectivity index (χ2n) is 1.34. The van der Waals surface area contributed by atoms with Crippen LogP contribution in [0.2, 0.25) is 0 Å². The zero-order chi connectivity index (χ0) is 7.11. The van der Waals surface area contributed by atoms with Gasteiger partial charge in [-0.05, 0) is 0 Å². The summed E-state index contributed by atoms with van der Waals surface area (Å²) in [4.78, 5) is 10.4. The van der Waals surface area contributed by atoms with Crippen LogP contribution in [0.3, 0.4) is 0 Å². The van der Waals surface area contributed by atoms with Gasteiger partial charge in [-0.1, -0.05) is 15.9 Å². The molecule has 0 fully saturated rings. The minimum Gasteiger partial charge on any atom is -0.463 e. The largest absolute Gasteiger partial charge is 0.463 e. The molecule has 0 saturated carbocycles. The van der Waals surface area contributed by atoms with Crippen LogP contribution in [-0.4, -0.2) is 31.6 Å². The van der Waals surface area contributed by atoms with Gasteiger partial charge in [0.05, 0.1) is 0 Å². The topological polar surface area (TPSA) is 35.5 Å². The molecule has 54 valence electrons. The molecular weight excluding hydrogens is 188 g/mol. The van der Waals surface area contributed by atoms with Gasteiger partial charge in [-0.15, -0.1) is 0 Å². The third-order valence-corrected chi connectivity index (χ3v) is 0.926. The second-order valence-corrected chi connectivity index (χ2v) is 2.14. The van der Waals surface area contributed by atoms with Gasteiger partial charge in [0.2, 0.25) is 0 Å². The summed E-state index contributed by atoms with van der Waals surface area (Å²) in [5.41, 5.74) is 0. The molecule has 0 unspecified atom stereocenters. The third-order valence-electron chi connectivity index (χ3n) is 0.602. The summed E-state index contributed by atoms with van der Waals surface area (Å²) in [5.74, 6) is -0.322. The summed E-state index contributed by atoms with van der Waals surface area (Å²) in [7, 11) is 1.45. The maximum atomic E-state index is 10.4. The Morgan fingerprint density at radius 1 is 1.67 bits per heavy atom. The molecule has 0 heterocycles. The number of methoxy groups -OCH3 is 1. The summed E-state index contributed by atoms with van der Waals surface area (Å²) in [5, 5.41) is 0.669. The number of hydrogen-bond donors (Lipinski definition) is 0. The molecule has 0 aliphatic heterocycles. The Morgan fingerprint density at radius 3 is 2.78 bits per heavy atom. The fourth-order valence-electron chi connectivity index (χ4n) is 0.312. The van der Waals surface area contributed by atoms with Crippen LogP contribution in [0.1, 0.15) is 0 Å². The van der Waals surface area contributed by atoms with E-state index < -0.39 is 0 Å². The van der Waals surface area contributed by atoms with Crippen molar-refractivity contribution in [1.29, 1.82) is 0 Å². The average molecular weight is 197 g/mol. The van der Waals surface area contributed by atoms with Crippen molar-refractivity contribution in [3.8, 4) is 0 Å². The Balaban J connectivity index is 3.06. The van der Waals surface area contributed by atoms with Gasteiger partial charge < -0.3 is 9.47 Å². The molecule has 0 aromatic heterocycles. The zero-order valence-corrected chi connectivity index (χ0v) is 6.81. The van der Waals surface area contributed by atoms with Crippen molar-refractivity contribution in [1.82, 2.24) is 0 Å². The van der Waals surface area contributed by atoms with E-state index in [1.807, 2.05) is 0 Å². The Bertz CT molecular complexity index is 84.3. The standard InChI is InChI=1S/C5H9BrO3/c1-8-4-5(7)9-3-2-6/h2-4H2,1H3. The lowest BCUT2D eigenvalue weighted by Gasteiger charge is -1.99. The predicted octanol–water partition coefficient (Wildman–Crippen LogP) is 0.571. The SMILES string of the molecule is COCC(=O)OCCBr. The van der Waals surface area contributed by atoms with Gasteiger partial charge in [-0.25, -0.2) is 4.79 Å². The molecular formula is C5H9BrO3. The number of carbonyl (C=O) groups excluding carboxylic acids is 1. The van der Waals surface area contributed by atoms with Crippen molar-refractivity contribution in [3.63, 3.8) is 0 Å². The van der Waals surface area contributed by atoms with E-state index in [9.17, 15) is 4.79 Å². The van der Waals surface area contributed by atoms with Crippen molar-refractivity contribution in [2.75, 3.05) is 25.7 Å². The van der Waals surface area contributed by atoms with Crippen LogP contribution in [0, 0.1) is 0 Å². The molecule has 0 aromatic rings. The summed E-state index contributed by atoms with van der Waals surface area (Å²) in [6, 6.07) is 0. The average Bonchev–Trinajstić information content (AvgIpc) is 1.85. The smallest absolute Gasteiger partial charge is 0.332 e. The Hall–Kier alpha value is -0.0900. The van der Waals surface area contributed by atoms with E-state index in [4.69, 9.17) is 0 Å². The van der Waals surface area contributed by atoms with E-state index >= 15 is 0 Å². The highest BCUT2D eigenvalue weighted by Crippen LogP contribution is 1.83. The molecule has 0 aliphatic rings. The van der Waals surface area contributed by atoms with Gasteiger partial charge in [-0.3, -0.25) is 0 Å². The maximum Gasteiger partial charge on any atom is 0.332 e. The van der Waals surface area contributed by atoms with Crippen molar-refractivity contribution < 1.29 is 14.3 Å². The number of ether oxygens (including phenoxy) is 2. The third kappa shape index (κ3) is 5.79. The fraction of sp³-hybridized carbons (Fsp3) is 0.800. The minimum atomic E-state index is -0.322. The number of rotatable bonds is 4. The normalized spacial score (nSPS) is 9.11. The molecule has 4 heteroatoms. The van der Waals surface area contributed by atoms with Gasteiger partial charge in [0.1, 0.15) is 13.2 Å². The van der Waals surface area contributed by atoms with E-state index in [0.717, 1.165) is 0 Å². The molecule has 0 rings (SSSR count). The van der Waals surface area contributed by atoms with Crippen LogP contribution in [0.4, 0.5) is 0 Å². The molecule has 0 saturated heterocycles. The highest BCUT2D eigenvalue weighted by Gasteiger charge is 1.97. The Kier molecular flexibility index (Phi) is 5.98. The van der Waals surface area contributed by atoms with Gasteiger partial charge in [0, 0.05) is 12.4 Å². The van der Waals surface area contributed by atoms with Crippen LogP contribution < -0.4 is 0 Å². The lowest BCUT2D eigenvalue weighted by molar-refractivity contribution is -0.147. The number of halogens is 1. The van der Waals surface area contributed by atoms with Crippen LogP contribution in [-0.2, 0) is 14.3 Å². The van der Waals surface area contributed by atoms with Gasteiger partial charge in [-0.2, -0.15) is 0 Å². The first-order valence-corrected chi connectivity index (χ1v) is 3.64. The van der Waals surface area contributed by atoms with Crippen LogP contribution in [0.5, 0.6) is 0 Å². The first kappa shape index (κ1) is 8.91. The molecule has 0 aromatic carbocycles. The molecule has 0 aliphatic carbocycles. The van der Waals surface area contributed by atoms with Crippen molar-refractivity contribution in [2.24, 2.45) is 0 Å². The fourth-order valence-corrected chi connectivity index (χ4v) is 0.474. The molecule has 0 bridgehead atoms. The molecule has 9 heavy (non-hydrogen) atoms. The number of esters is 1. The minimum absolute atomic E-state index is 0.0347. The Morgan fingerprint density at radius 2 is 2.33 bits per heavy atom. The summed E-state index contributed by atoms with van der Waals surface area (Å²) in [6.45, 7) is 0.440. The van der Waals surface area contributed by atoms with Gasteiger partial charge >= 0.3 is 5.97 Å². The first-order valence-electron chi connectivity index (χ1n) is 2.51. The van der Waals surface area contributed by atoms with Crippen LogP contribution in [0.15, 0.2) is 0 Å².